The number of halogens is 1. The Hall–Kier alpha value is -1.57. The molecule has 5 heteroatoms. The Morgan fingerprint density at radius 2 is 2.35 bits per heavy atom. The predicted molar refractivity (Wildman–Crippen MR) is 65.7 cm³/mol. The summed E-state index contributed by atoms with van der Waals surface area (Å²) >= 11 is 5.90. The molecule has 88 valence electrons. The molecule has 1 amide bonds. The standard InChI is InChI=1S/C12H12ClN3O/c13-10-2-1-9(6-15)11(4-10)16-7-8(5-14)3-12(16)17/h1-2,4,8H,3,5,7,14H2. The molecule has 0 aromatic heterocycles. The van der Waals surface area contributed by atoms with Gasteiger partial charge in [0.1, 0.15) is 6.07 Å². The number of anilines is 1. The van der Waals surface area contributed by atoms with Crippen LogP contribution in [0, 0.1) is 17.2 Å². The summed E-state index contributed by atoms with van der Waals surface area (Å²) in [6, 6.07) is 6.99. The molecule has 1 aliphatic heterocycles. The number of benzene rings is 1. The predicted octanol–water partition coefficient (Wildman–Crippen LogP) is 1.52. The number of amides is 1. The summed E-state index contributed by atoms with van der Waals surface area (Å²) < 4.78 is 0. The summed E-state index contributed by atoms with van der Waals surface area (Å²) in [7, 11) is 0. The zero-order valence-electron chi connectivity index (χ0n) is 9.19. The van der Waals surface area contributed by atoms with Crippen LogP contribution >= 0.6 is 11.6 Å². The number of carbonyl (C=O) groups is 1. The lowest BCUT2D eigenvalue weighted by atomic mass is 10.1. The molecule has 1 saturated heterocycles. The van der Waals surface area contributed by atoms with Gasteiger partial charge in [0.25, 0.3) is 0 Å². The first kappa shape index (κ1) is 11.9. The molecule has 1 aromatic carbocycles. The van der Waals surface area contributed by atoms with Crippen molar-refractivity contribution in [1.82, 2.24) is 0 Å². The first-order chi connectivity index (χ1) is 8.15. The van der Waals surface area contributed by atoms with Crippen LogP contribution in [0.1, 0.15) is 12.0 Å². The number of hydrogen-bond acceptors (Lipinski definition) is 3. The molecule has 0 bridgehead atoms. The molecule has 4 nitrogen and oxygen atoms in total. The van der Waals surface area contributed by atoms with Gasteiger partial charge in [-0.15, -0.1) is 0 Å². The fourth-order valence-corrected chi connectivity index (χ4v) is 2.16. The smallest absolute Gasteiger partial charge is 0.227 e. The topological polar surface area (TPSA) is 70.1 Å². The van der Waals surface area contributed by atoms with Crippen molar-refractivity contribution < 1.29 is 4.79 Å². The van der Waals surface area contributed by atoms with Crippen LogP contribution in [0.25, 0.3) is 0 Å². The number of carbonyl (C=O) groups excluding carboxylic acids is 1. The number of hydrogen-bond donors (Lipinski definition) is 1. The first-order valence-electron chi connectivity index (χ1n) is 5.35. The van der Waals surface area contributed by atoms with Crippen LogP contribution < -0.4 is 10.6 Å². The lowest BCUT2D eigenvalue weighted by molar-refractivity contribution is -0.117. The van der Waals surface area contributed by atoms with Crippen LogP contribution in [0.5, 0.6) is 0 Å². The maximum Gasteiger partial charge on any atom is 0.227 e. The maximum atomic E-state index is 11.8. The zero-order chi connectivity index (χ0) is 12.4. The van der Waals surface area contributed by atoms with E-state index in [4.69, 9.17) is 22.6 Å². The highest BCUT2D eigenvalue weighted by atomic mass is 35.5. The Morgan fingerprint density at radius 1 is 1.59 bits per heavy atom. The monoisotopic (exact) mass is 249 g/mol. The second kappa shape index (κ2) is 4.74. The summed E-state index contributed by atoms with van der Waals surface area (Å²) in [6.07, 6.45) is 0.438. The third kappa shape index (κ3) is 2.26. The van der Waals surface area contributed by atoms with Gasteiger partial charge < -0.3 is 10.6 Å². The van der Waals surface area contributed by atoms with E-state index in [-0.39, 0.29) is 11.8 Å². The lowest BCUT2D eigenvalue weighted by Crippen LogP contribution is -2.26. The first-order valence-corrected chi connectivity index (χ1v) is 5.73. The van der Waals surface area contributed by atoms with E-state index in [9.17, 15) is 4.79 Å². The van der Waals surface area contributed by atoms with Crippen LogP contribution in [0.3, 0.4) is 0 Å². The van der Waals surface area contributed by atoms with Crippen LogP contribution in [0.15, 0.2) is 18.2 Å². The summed E-state index contributed by atoms with van der Waals surface area (Å²) in [5.41, 5.74) is 6.61. The highest BCUT2D eigenvalue weighted by molar-refractivity contribution is 6.31. The van der Waals surface area contributed by atoms with Crippen LogP contribution in [0.2, 0.25) is 5.02 Å². The Bertz CT molecular complexity index is 495. The van der Waals surface area contributed by atoms with Crippen molar-refractivity contribution in [1.29, 1.82) is 5.26 Å². The molecule has 1 aliphatic rings. The molecule has 2 rings (SSSR count). The van der Waals surface area contributed by atoms with Gasteiger partial charge in [-0.1, -0.05) is 11.6 Å². The van der Waals surface area contributed by atoms with Gasteiger partial charge in [-0.3, -0.25) is 4.79 Å². The number of nitrogens with two attached hydrogens (primary N) is 1. The second-order valence-electron chi connectivity index (χ2n) is 4.08. The molecule has 1 unspecified atom stereocenters. The normalized spacial score (nSPS) is 19.5. The minimum absolute atomic E-state index is 0.000725. The Morgan fingerprint density at radius 3 is 2.94 bits per heavy atom. The molecule has 0 aliphatic carbocycles. The average molecular weight is 250 g/mol. The molecule has 1 aromatic rings. The van der Waals surface area contributed by atoms with E-state index in [2.05, 4.69) is 6.07 Å². The maximum absolute atomic E-state index is 11.8. The van der Waals surface area contributed by atoms with Crippen molar-refractivity contribution in [2.75, 3.05) is 18.0 Å². The fraction of sp³-hybridized carbons (Fsp3) is 0.333. The van der Waals surface area contributed by atoms with E-state index in [0.717, 1.165) is 0 Å². The van der Waals surface area contributed by atoms with Crippen LogP contribution in [0.4, 0.5) is 5.69 Å². The number of rotatable bonds is 2. The Kier molecular flexibility index (Phi) is 3.32. The average Bonchev–Trinajstić information content (AvgIpc) is 2.70. The second-order valence-corrected chi connectivity index (χ2v) is 4.52. The molecule has 1 heterocycles. The van der Waals surface area contributed by atoms with Crippen molar-refractivity contribution in [3.05, 3.63) is 28.8 Å². The number of nitrogens with zero attached hydrogens (tertiary/aromatic N) is 2. The molecule has 0 saturated carbocycles. The number of nitriles is 1. The quantitative estimate of drug-likeness (QED) is 0.864. The van der Waals surface area contributed by atoms with Gasteiger partial charge in [-0.05, 0) is 30.7 Å². The third-order valence-corrected chi connectivity index (χ3v) is 3.14. The largest absolute Gasteiger partial charge is 0.330 e. The zero-order valence-corrected chi connectivity index (χ0v) is 9.94. The van der Waals surface area contributed by atoms with Crippen LogP contribution in [-0.4, -0.2) is 19.0 Å². The van der Waals surface area contributed by atoms with Gasteiger partial charge in [-0.25, -0.2) is 0 Å². The van der Waals surface area contributed by atoms with E-state index in [1.807, 2.05) is 0 Å². The summed E-state index contributed by atoms with van der Waals surface area (Å²) in [5, 5.41) is 9.54. The molecular weight excluding hydrogens is 238 g/mol. The summed E-state index contributed by atoms with van der Waals surface area (Å²) in [5.74, 6) is 0.159. The molecule has 2 N–H and O–H groups in total. The van der Waals surface area contributed by atoms with Crippen molar-refractivity contribution in [3.63, 3.8) is 0 Å². The Labute approximate surface area is 105 Å². The van der Waals surface area contributed by atoms with Gasteiger partial charge in [0.15, 0.2) is 0 Å². The van der Waals surface area contributed by atoms with Crippen molar-refractivity contribution >= 4 is 23.2 Å². The molecule has 1 atom stereocenters. The van der Waals surface area contributed by atoms with Crippen molar-refractivity contribution in [3.8, 4) is 6.07 Å². The highest BCUT2D eigenvalue weighted by Crippen LogP contribution is 2.29. The molecule has 1 fully saturated rings. The summed E-state index contributed by atoms with van der Waals surface area (Å²) in [6.45, 7) is 1.04. The van der Waals surface area contributed by atoms with Crippen molar-refractivity contribution in [2.45, 2.75) is 6.42 Å². The Balaban J connectivity index is 2.37. The van der Waals surface area contributed by atoms with E-state index in [1.165, 1.54) is 0 Å². The fourth-order valence-electron chi connectivity index (χ4n) is 1.99. The molecule has 17 heavy (non-hydrogen) atoms. The lowest BCUT2D eigenvalue weighted by Gasteiger charge is -2.18. The van der Waals surface area contributed by atoms with Crippen molar-refractivity contribution in [2.24, 2.45) is 11.7 Å². The molecule has 0 spiro atoms. The van der Waals surface area contributed by atoms with Gasteiger partial charge >= 0.3 is 0 Å². The van der Waals surface area contributed by atoms with E-state index in [1.54, 1.807) is 23.1 Å². The van der Waals surface area contributed by atoms with E-state index < -0.39 is 0 Å². The molecular formula is C12H12ClN3O. The van der Waals surface area contributed by atoms with E-state index >= 15 is 0 Å². The van der Waals surface area contributed by atoms with Gasteiger partial charge in [0, 0.05) is 18.0 Å². The summed E-state index contributed by atoms with van der Waals surface area (Å²) in [4.78, 5) is 13.4. The van der Waals surface area contributed by atoms with Crippen LogP contribution in [-0.2, 0) is 4.79 Å². The van der Waals surface area contributed by atoms with E-state index in [0.29, 0.717) is 35.8 Å². The third-order valence-electron chi connectivity index (χ3n) is 2.91. The minimum Gasteiger partial charge on any atom is -0.330 e. The minimum atomic E-state index is -0.000725. The van der Waals surface area contributed by atoms with Gasteiger partial charge in [-0.2, -0.15) is 5.26 Å². The highest BCUT2D eigenvalue weighted by Gasteiger charge is 2.30. The SMILES string of the molecule is N#Cc1ccc(Cl)cc1N1CC(CN)CC1=O. The molecule has 0 radical (unpaired) electrons. The van der Waals surface area contributed by atoms with Gasteiger partial charge in [0.2, 0.25) is 5.91 Å². The van der Waals surface area contributed by atoms with Gasteiger partial charge in [0.05, 0.1) is 11.3 Å².